The second-order valence-corrected chi connectivity index (χ2v) is 6.39. The quantitative estimate of drug-likeness (QED) is 0.752. The van der Waals surface area contributed by atoms with Crippen molar-refractivity contribution < 1.29 is 14.3 Å². The molecule has 2 rings (SSSR count). The zero-order valence-corrected chi connectivity index (χ0v) is 15.1. The van der Waals surface area contributed by atoms with Crippen LogP contribution in [0.1, 0.15) is 13.8 Å². The molecule has 0 unspecified atom stereocenters. The molecule has 0 saturated carbocycles. The summed E-state index contributed by atoms with van der Waals surface area (Å²) in [4.78, 5) is 11.9. The van der Waals surface area contributed by atoms with Crippen LogP contribution in [0.4, 0.5) is 5.69 Å². The summed E-state index contributed by atoms with van der Waals surface area (Å²) in [5.41, 5.74) is 0.685. The minimum atomic E-state index is -0.246. The Morgan fingerprint density at radius 1 is 1.22 bits per heavy atom. The molecule has 4 nitrogen and oxygen atoms in total. The predicted octanol–water partition coefficient (Wildman–Crippen LogP) is 4.91. The molecule has 23 heavy (non-hydrogen) atoms. The van der Waals surface area contributed by atoms with Crippen molar-refractivity contribution in [1.82, 2.24) is 0 Å². The van der Waals surface area contributed by atoms with Crippen LogP contribution in [-0.4, -0.2) is 18.6 Å². The summed E-state index contributed by atoms with van der Waals surface area (Å²) in [6, 6.07) is 12.3. The average Bonchev–Trinajstić information content (AvgIpc) is 2.48. The molecule has 0 saturated heterocycles. The number of anilines is 1. The van der Waals surface area contributed by atoms with Crippen molar-refractivity contribution >= 4 is 39.1 Å². The zero-order valence-electron chi connectivity index (χ0n) is 12.8. The maximum Gasteiger partial charge on any atom is 0.262 e. The summed E-state index contributed by atoms with van der Waals surface area (Å²) >= 11 is 9.19. The molecule has 0 spiro atoms. The van der Waals surface area contributed by atoms with Crippen molar-refractivity contribution in [2.75, 3.05) is 11.9 Å². The van der Waals surface area contributed by atoms with E-state index in [0.717, 1.165) is 5.75 Å². The molecule has 0 atom stereocenters. The Morgan fingerprint density at radius 2 is 1.91 bits per heavy atom. The van der Waals surface area contributed by atoms with E-state index in [1.165, 1.54) is 0 Å². The van der Waals surface area contributed by atoms with Crippen LogP contribution in [-0.2, 0) is 4.79 Å². The number of ether oxygens (including phenoxy) is 2. The van der Waals surface area contributed by atoms with Crippen molar-refractivity contribution in [2.45, 2.75) is 20.0 Å². The summed E-state index contributed by atoms with van der Waals surface area (Å²) in [6.07, 6.45) is 0.113. The Kier molecular flexibility index (Phi) is 6.30. The SMILES string of the molecule is CC(C)Oc1ccc(NC(=O)COc2ccc(Cl)cc2Br)cc1. The highest BCUT2D eigenvalue weighted by atomic mass is 79.9. The molecule has 0 heterocycles. The monoisotopic (exact) mass is 397 g/mol. The molecule has 1 amide bonds. The maximum absolute atomic E-state index is 11.9. The number of rotatable bonds is 6. The van der Waals surface area contributed by atoms with Gasteiger partial charge in [0, 0.05) is 10.7 Å². The molecular formula is C17H17BrClNO3. The van der Waals surface area contributed by atoms with E-state index < -0.39 is 0 Å². The molecule has 0 aromatic heterocycles. The van der Waals surface area contributed by atoms with Gasteiger partial charge in [-0.3, -0.25) is 4.79 Å². The van der Waals surface area contributed by atoms with Gasteiger partial charge >= 0.3 is 0 Å². The van der Waals surface area contributed by atoms with Crippen molar-refractivity contribution in [3.05, 3.63) is 52.0 Å². The van der Waals surface area contributed by atoms with E-state index in [2.05, 4.69) is 21.2 Å². The Bertz CT molecular complexity index is 674. The second kappa shape index (κ2) is 8.22. The predicted molar refractivity (Wildman–Crippen MR) is 95.5 cm³/mol. The number of amides is 1. The normalized spacial score (nSPS) is 10.5. The smallest absolute Gasteiger partial charge is 0.262 e. The van der Waals surface area contributed by atoms with Crippen LogP contribution in [0.3, 0.4) is 0 Å². The van der Waals surface area contributed by atoms with E-state index in [0.29, 0.717) is 20.9 Å². The lowest BCUT2D eigenvalue weighted by Crippen LogP contribution is -2.20. The highest BCUT2D eigenvalue weighted by Crippen LogP contribution is 2.27. The van der Waals surface area contributed by atoms with Gasteiger partial charge in [-0.15, -0.1) is 0 Å². The number of benzene rings is 2. The fourth-order valence-corrected chi connectivity index (χ4v) is 2.62. The Hall–Kier alpha value is -1.72. The molecule has 0 aliphatic rings. The minimum absolute atomic E-state index is 0.0928. The van der Waals surface area contributed by atoms with Crippen LogP contribution in [0, 0.1) is 0 Å². The van der Waals surface area contributed by atoms with Crippen LogP contribution in [0.2, 0.25) is 5.02 Å². The second-order valence-electron chi connectivity index (χ2n) is 5.10. The Labute approximate surface area is 148 Å². The van der Waals surface area contributed by atoms with E-state index in [1.807, 2.05) is 26.0 Å². The molecule has 0 radical (unpaired) electrons. The lowest BCUT2D eigenvalue weighted by atomic mass is 10.3. The Morgan fingerprint density at radius 3 is 2.52 bits per heavy atom. The summed E-state index contributed by atoms with van der Waals surface area (Å²) in [7, 11) is 0. The van der Waals surface area contributed by atoms with E-state index in [1.54, 1.807) is 30.3 Å². The number of nitrogens with one attached hydrogen (secondary N) is 1. The molecule has 2 aromatic rings. The van der Waals surface area contributed by atoms with Crippen LogP contribution in [0.5, 0.6) is 11.5 Å². The molecule has 1 N–H and O–H groups in total. The number of carbonyl (C=O) groups excluding carboxylic acids is 1. The summed E-state index contributed by atoms with van der Waals surface area (Å²) in [5.74, 6) is 1.08. The van der Waals surface area contributed by atoms with Crippen molar-refractivity contribution in [3.8, 4) is 11.5 Å². The van der Waals surface area contributed by atoms with Gasteiger partial charge in [-0.25, -0.2) is 0 Å². The molecule has 6 heteroatoms. The van der Waals surface area contributed by atoms with E-state index in [9.17, 15) is 4.79 Å². The van der Waals surface area contributed by atoms with Crippen molar-refractivity contribution in [3.63, 3.8) is 0 Å². The fraction of sp³-hybridized carbons (Fsp3) is 0.235. The van der Waals surface area contributed by atoms with Gasteiger partial charge in [0.25, 0.3) is 5.91 Å². The van der Waals surface area contributed by atoms with Gasteiger partial charge in [-0.05, 0) is 72.2 Å². The molecule has 0 fully saturated rings. The number of carbonyl (C=O) groups is 1. The highest BCUT2D eigenvalue weighted by Gasteiger charge is 2.07. The number of halogens is 2. The van der Waals surface area contributed by atoms with Crippen LogP contribution in [0.25, 0.3) is 0 Å². The van der Waals surface area contributed by atoms with E-state index >= 15 is 0 Å². The first-order valence-electron chi connectivity index (χ1n) is 7.08. The summed E-state index contributed by atoms with van der Waals surface area (Å²) in [5, 5.41) is 3.36. The van der Waals surface area contributed by atoms with Crippen LogP contribution < -0.4 is 14.8 Å². The number of hydrogen-bond donors (Lipinski definition) is 1. The Balaban J connectivity index is 1.87. The molecular weight excluding hydrogens is 382 g/mol. The van der Waals surface area contributed by atoms with Crippen LogP contribution >= 0.6 is 27.5 Å². The lowest BCUT2D eigenvalue weighted by molar-refractivity contribution is -0.118. The van der Waals surface area contributed by atoms with E-state index in [-0.39, 0.29) is 18.6 Å². The molecule has 0 bridgehead atoms. The molecule has 0 aliphatic heterocycles. The third-order valence-corrected chi connectivity index (χ3v) is 3.62. The topological polar surface area (TPSA) is 47.6 Å². The van der Waals surface area contributed by atoms with Gasteiger partial charge in [0.05, 0.1) is 10.6 Å². The largest absolute Gasteiger partial charge is 0.491 e. The van der Waals surface area contributed by atoms with Crippen molar-refractivity contribution in [2.24, 2.45) is 0 Å². The molecule has 122 valence electrons. The highest BCUT2D eigenvalue weighted by molar-refractivity contribution is 9.10. The van der Waals surface area contributed by atoms with E-state index in [4.69, 9.17) is 21.1 Å². The fourth-order valence-electron chi connectivity index (χ4n) is 1.82. The van der Waals surface area contributed by atoms with Crippen LogP contribution in [0.15, 0.2) is 46.9 Å². The maximum atomic E-state index is 11.9. The standard InChI is InChI=1S/C17H17BrClNO3/c1-11(2)23-14-6-4-13(5-7-14)20-17(21)10-22-16-8-3-12(19)9-15(16)18/h3-9,11H,10H2,1-2H3,(H,20,21). The lowest BCUT2D eigenvalue weighted by Gasteiger charge is -2.11. The number of hydrogen-bond acceptors (Lipinski definition) is 3. The zero-order chi connectivity index (χ0) is 16.8. The van der Waals surface area contributed by atoms with Gasteiger partial charge in [-0.2, -0.15) is 0 Å². The van der Waals surface area contributed by atoms with Gasteiger partial charge in [0.15, 0.2) is 6.61 Å². The van der Waals surface area contributed by atoms with Gasteiger partial charge in [-0.1, -0.05) is 11.6 Å². The summed E-state index contributed by atoms with van der Waals surface area (Å²) in [6.45, 7) is 3.83. The van der Waals surface area contributed by atoms with Gasteiger partial charge < -0.3 is 14.8 Å². The van der Waals surface area contributed by atoms with Crippen molar-refractivity contribution in [1.29, 1.82) is 0 Å². The van der Waals surface area contributed by atoms with Gasteiger partial charge in [0.1, 0.15) is 11.5 Å². The first-order valence-corrected chi connectivity index (χ1v) is 8.25. The third-order valence-electron chi connectivity index (χ3n) is 2.76. The first-order chi connectivity index (χ1) is 10.9. The summed E-state index contributed by atoms with van der Waals surface area (Å²) < 4.78 is 11.7. The average molecular weight is 399 g/mol. The molecule has 2 aromatic carbocycles. The minimum Gasteiger partial charge on any atom is -0.491 e. The molecule has 0 aliphatic carbocycles. The van der Waals surface area contributed by atoms with Gasteiger partial charge in [0.2, 0.25) is 0 Å². The first kappa shape index (κ1) is 17.6. The third kappa shape index (κ3) is 5.77.